The topological polar surface area (TPSA) is 61.3 Å². The van der Waals surface area contributed by atoms with Gasteiger partial charge in [-0.25, -0.2) is 4.39 Å². The number of fused-ring (bicyclic) bond motifs is 1. The van der Waals surface area contributed by atoms with Crippen LogP contribution in [0.3, 0.4) is 0 Å². The lowest BCUT2D eigenvalue weighted by molar-refractivity contribution is 0.0644. The maximum absolute atomic E-state index is 13.8. The summed E-state index contributed by atoms with van der Waals surface area (Å²) in [7, 11) is 3.50. The van der Waals surface area contributed by atoms with Gasteiger partial charge in [-0.2, -0.15) is 0 Å². The number of nitrogens with zero attached hydrogens (tertiary/aromatic N) is 3. The SMILES string of the molecule is CN(C(=O)c1cn(C)c(=O)c2[nH]ccc12)C1CCN(CCc2ccccc2F)CC1. The third-order valence-corrected chi connectivity index (χ3v) is 6.20. The van der Waals surface area contributed by atoms with Gasteiger partial charge in [0.25, 0.3) is 11.5 Å². The minimum atomic E-state index is -0.147. The highest BCUT2D eigenvalue weighted by Gasteiger charge is 2.27. The van der Waals surface area contributed by atoms with Gasteiger partial charge in [0, 0.05) is 57.6 Å². The van der Waals surface area contributed by atoms with Crippen LogP contribution < -0.4 is 5.56 Å². The number of benzene rings is 1. The van der Waals surface area contributed by atoms with E-state index in [-0.39, 0.29) is 23.3 Å². The van der Waals surface area contributed by atoms with Gasteiger partial charge in [0.2, 0.25) is 0 Å². The van der Waals surface area contributed by atoms with Crippen LogP contribution in [-0.2, 0) is 13.5 Å². The van der Waals surface area contributed by atoms with E-state index in [1.807, 2.05) is 19.2 Å². The van der Waals surface area contributed by atoms with Gasteiger partial charge in [0.05, 0.1) is 5.56 Å². The van der Waals surface area contributed by atoms with Crippen molar-refractivity contribution in [3.63, 3.8) is 0 Å². The van der Waals surface area contributed by atoms with Crippen LogP contribution in [0.2, 0.25) is 0 Å². The van der Waals surface area contributed by atoms with Crippen LogP contribution in [0.25, 0.3) is 10.9 Å². The van der Waals surface area contributed by atoms with Crippen molar-refractivity contribution in [1.82, 2.24) is 19.4 Å². The van der Waals surface area contributed by atoms with E-state index in [0.29, 0.717) is 22.9 Å². The van der Waals surface area contributed by atoms with Crippen molar-refractivity contribution in [2.24, 2.45) is 7.05 Å². The van der Waals surface area contributed by atoms with E-state index in [1.165, 1.54) is 10.6 Å². The number of rotatable bonds is 5. The first-order chi connectivity index (χ1) is 14.5. The number of nitrogens with one attached hydrogen (secondary N) is 1. The molecule has 0 aliphatic carbocycles. The first kappa shape index (κ1) is 20.3. The second-order valence-electron chi connectivity index (χ2n) is 8.06. The number of halogens is 1. The van der Waals surface area contributed by atoms with Crippen molar-refractivity contribution < 1.29 is 9.18 Å². The Morgan fingerprint density at radius 2 is 1.97 bits per heavy atom. The monoisotopic (exact) mass is 410 g/mol. The fraction of sp³-hybridized carbons (Fsp3) is 0.391. The molecule has 7 heteroatoms. The smallest absolute Gasteiger partial charge is 0.274 e. The molecule has 0 radical (unpaired) electrons. The summed E-state index contributed by atoms with van der Waals surface area (Å²) >= 11 is 0. The minimum Gasteiger partial charge on any atom is -0.357 e. The zero-order chi connectivity index (χ0) is 21.3. The summed E-state index contributed by atoms with van der Waals surface area (Å²) in [5.41, 5.74) is 1.60. The summed E-state index contributed by atoms with van der Waals surface area (Å²) in [5, 5.41) is 0.664. The van der Waals surface area contributed by atoms with Gasteiger partial charge >= 0.3 is 0 Å². The molecule has 1 aliphatic rings. The number of aromatic amines is 1. The van der Waals surface area contributed by atoms with Crippen molar-refractivity contribution >= 4 is 16.8 Å². The molecular formula is C23H27FN4O2. The number of hydrogen-bond donors (Lipinski definition) is 1. The molecule has 6 nitrogen and oxygen atoms in total. The van der Waals surface area contributed by atoms with Crippen molar-refractivity contribution in [2.45, 2.75) is 25.3 Å². The molecule has 30 heavy (non-hydrogen) atoms. The van der Waals surface area contributed by atoms with Crippen molar-refractivity contribution in [2.75, 3.05) is 26.7 Å². The van der Waals surface area contributed by atoms with Gasteiger partial charge in [-0.3, -0.25) is 9.59 Å². The number of pyridine rings is 1. The lowest BCUT2D eigenvalue weighted by Crippen LogP contribution is -2.46. The molecule has 1 aromatic carbocycles. The summed E-state index contributed by atoms with van der Waals surface area (Å²) in [6.07, 6.45) is 5.76. The molecule has 0 saturated carbocycles. The van der Waals surface area contributed by atoms with Crippen molar-refractivity contribution in [1.29, 1.82) is 0 Å². The first-order valence-corrected chi connectivity index (χ1v) is 10.4. The predicted octanol–water partition coefficient (Wildman–Crippen LogP) is 2.78. The van der Waals surface area contributed by atoms with Gasteiger partial charge in [-0.1, -0.05) is 18.2 Å². The maximum atomic E-state index is 13.8. The van der Waals surface area contributed by atoms with Gasteiger partial charge in [0.15, 0.2) is 0 Å². The molecule has 0 bridgehead atoms. The lowest BCUT2D eigenvalue weighted by Gasteiger charge is -2.37. The number of aryl methyl sites for hydroxylation is 1. The summed E-state index contributed by atoms with van der Waals surface area (Å²) in [6, 6.07) is 8.85. The second kappa shape index (κ2) is 8.44. The Morgan fingerprint density at radius 1 is 1.23 bits per heavy atom. The number of likely N-dealkylation sites (tertiary alicyclic amines) is 1. The van der Waals surface area contributed by atoms with Crippen LogP contribution in [-0.4, -0.2) is 58.0 Å². The highest BCUT2D eigenvalue weighted by molar-refractivity contribution is 6.05. The zero-order valence-corrected chi connectivity index (χ0v) is 17.4. The Balaban J connectivity index is 1.39. The van der Waals surface area contributed by atoms with E-state index in [2.05, 4.69) is 9.88 Å². The number of H-pyrrole nitrogens is 1. The Hall–Kier alpha value is -2.93. The van der Waals surface area contributed by atoms with Gasteiger partial charge in [0.1, 0.15) is 11.3 Å². The molecule has 0 spiro atoms. The molecule has 3 aromatic rings. The largest absolute Gasteiger partial charge is 0.357 e. The van der Waals surface area contributed by atoms with E-state index >= 15 is 0 Å². The quantitative estimate of drug-likeness (QED) is 0.704. The fourth-order valence-corrected chi connectivity index (χ4v) is 4.31. The molecule has 1 fully saturated rings. The molecule has 1 saturated heterocycles. The molecule has 0 unspecified atom stereocenters. The Morgan fingerprint density at radius 3 is 2.70 bits per heavy atom. The number of carbonyl (C=O) groups is 1. The third-order valence-electron chi connectivity index (χ3n) is 6.20. The zero-order valence-electron chi connectivity index (χ0n) is 17.4. The van der Waals surface area contributed by atoms with Crippen LogP contribution >= 0.6 is 0 Å². The first-order valence-electron chi connectivity index (χ1n) is 10.4. The normalized spacial score (nSPS) is 15.6. The van der Waals surface area contributed by atoms with Crippen molar-refractivity contribution in [3.8, 4) is 0 Å². The number of piperidine rings is 1. The molecule has 4 rings (SSSR count). The number of amides is 1. The Bertz CT molecular complexity index is 1110. The van der Waals surface area contributed by atoms with Crippen LogP contribution in [0.4, 0.5) is 4.39 Å². The molecule has 3 heterocycles. The standard InChI is InChI=1S/C23H27FN4O2/c1-26-15-19(18-7-11-25-21(18)23(26)30)22(29)27(2)17-9-13-28(14-10-17)12-8-16-5-3-4-6-20(16)24/h3-7,11,15,17,25H,8-10,12-14H2,1-2H3. The number of aromatic nitrogens is 2. The summed E-state index contributed by atoms with van der Waals surface area (Å²) in [4.78, 5) is 32.5. The van der Waals surface area contributed by atoms with Crippen molar-refractivity contribution in [3.05, 3.63) is 70.0 Å². The fourth-order valence-electron chi connectivity index (χ4n) is 4.31. The Labute approximate surface area is 174 Å². The summed E-state index contributed by atoms with van der Waals surface area (Å²) in [5.74, 6) is -0.217. The minimum absolute atomic E-state index is 0.0694. The summed E-state index contributed by atoms with van der Waals surface area (Å²) < 4.78 is 15.3. The molecule has 2 aromatic heterocycles. The van der Waals surface area contributed by atoms with Gasteiger partial charge < -0.3 is 19.4 Å². The van der Waals surface area contributed by atoms with E-state index in [1.54, 1.807) is 36.5 Å². The Kier molecular flexibility index (Phi) is 5.72. The van der Waals surface area contributed by atoms with E-state index in [9.17, 15) is 14.0 Å². The maximum Gasteiger partial charge on any atom is 0.274 e. The van der Waals surface area contributed by atoms with Crippen LogP contribution in [0.1, 0.15) is 28.8 Å². The molecule has 1 aliphatic heterocycles. The average molecular weight is 410 g/mol. The van der Waals surface area contributed by atoms with Gasteiger partial charge in [-0.15, -0.1) is 0 Å². The third kappa shape index (κ3) is 3.89. The van der Waals surface area contributed by atoms with E-state index < -0.39 is 0 Å². The predicted molar refractivity (Wildman–Crippen MR) is 115 cm³/mol. The molecule has 1 amide bonds. The number of carbonyl (C=O) groups excluding carboxylic acids is 1. The highest BCUT2D eigenvalue weighted by Crippen LogP contribution is 2.21. The lowest BCUT2D eigenvalue weighted by atomic mass is 10.0. The molecule has 158 valence electrons. The van der Waals surface area contributed by atoms with Crippen LogP contribution in [0.5, 0.6) is 0 Å². The summed E-state index contributed by atoms with van der Waals surface area (Å²) in [6.45, 7) is 2.57. The molecule has 1 N–H and O–H groups in total. The molecule has 0 atom stereocenters. The molecular weight excluding hydrogens is 383 g/mol. The van der Waals surface area contributed by atoms with E-state index in [4.69, 9.17) is 0 Å². The average Bonchev–Trinajstić information content (AvgIpc) is 3.25. The van der Waals surface area contributed by atoms with Gasteiger partial charge in [-0.05, 0) is 37.0 Å². The number of hydrogen-bond acceptors (Lipinski definition) is 3. The highest BCUT2D eigenvalue weighted by atomic mass is 19.1. The second-order valence-corrected chi connectivity index (χ2v) is 8.06. The van der Waals surface area contributed by atoms with Crippen LogP contribution in [0, 0.1) is 5.82 Å². The van der Waals surface area contributed by atoms with E-state index in [0.717, 1.165) is 38.0 Å². The van der Waals surface area contributed by atoms with Crippen LogP contribution in [0.15, 0.2) is 47.5 Å².